The molecule has 11 heteroatoms. The quantitative estimate of drug-likeness (QED) is 0.377. The summed E-state index contributed by atoms with van der Waals surface area (Å²) in [5, 5.41) is 8.56. The summed E-state index contributed by atoms with van der Waals surface area (Å²) in [6.45, 7) is 4.79. The molecule has 1 aliphatic carbocycles. The Morgan fingerprint density at radius 2 is 1.70 bits per heavy atom. The molecule has 40 heavy (non-hydrogen) atoms. The first kappa shape index (κ1) is 30.3. The second kappa shape index (κ2) is 13.2. The summed E-state index contributed by atoms with van der Waals surface area (Å²) >= 11 is 0. The molecule has 0 aromatic heterocycles. The second-order valence-electron chi connectivity index (χ2n) is 9.76. The first-order valence-corrected chi connectivity index (χ1v) is 12.9. The molecule has 0 spiro atoms. The van der Waals surface area contributed by atoms with E-state index in [4.69, 9.17) is 14.2 Å². The number of benzene rings is 1. The molecule has 0 saturated heterocycles. The van der Waals surface area contributed by atoms with Gasteiger partial charge in [0.05, 0.1) is 40.2 Å². The molecule has 1 aliphatic rings. The van der Waals surface area contributed by atoms with Crippen molar-refractivity contribution in [2.24, 2.45) is 5.92 Å². The summed E-state index contributed by atoms with van der Waals surface area (Å²) in [7, 11) is 5.83. The zero-order valence-corrected chi connectivity index (χ0v) is 23.9. The molecular formula is C29H37N3O8. The van der Waals surface area contributed by atoms with Gasteiger partial charge in [-0.2, -0.15) is 0 Å². The van der Waals surface area contributed by atoms with Crippen molar-refractivity contribution in [1.29, 1.82) is 0 Å². The van der Waals surface area contributed by atoms with Crippen LogP contribution >= 0.6 is 0 Å². The lowest BCUT2D eigenvalue weighted by Gasteiger charge is -2.21. The zero-order chi connectivity index (χ0) is 29.6. The Morgan fingerprint density at radius 3 is 2.27 bits per heavy atom. The van der Waals surface area contributed by atoms with Gasteiger partial charge in [-0.1, -0.05) is 19.9 Å². The van der Waals surface area contributed by atoms with Crippen molar-refractivity contribution >= 4 is 23.5 Å². The molecule has 0 radical (unpaired) electrons. The van der Waals surface area contributed by atoms with E-state index in [0.29, 0.717) is 41.2 Å². The maximum atomic E-state index is 13.6. The van der Waals surface area contributed by atoms with E-state index in [0.717, 1.165) is 11.1 Å². The summed E-state index contributed by atoms with van der Waals surface area (Å²) in [4.78, 5) is 50.1. The lowest BCUT2D eigenvalue weighted by Crippen LogP contribution is -2.45. The van der Waals surface area contributed by atoms with Gasteiger partial charge in [-0.3, -0.25) is 19.2 Å². The number of esters is 1. The van der Waals surface area contributed by atoms with Crippen molar-refractivity contribution in [3.8, 4) is 28.4 Å². The fourth-order valence-corrected chi connectivity index (χ4v) is 4.87. The Bertz CT molecular complexity index is 1340. The number of ether oxygens (including phenoxy) is 4. The van der Waals surface area contributed by atoms with Crippen molar-refractivity contribution < 1.29 is 33.3 Å². The predicted molar refractivity (Wildman–Crippen MR) is 150 cm³/mol. The topological polar surface area (TPSA) is 141 Å². The van der Waals surface area contributed by atoms with Crippen LogP contribution in [0.4, 0.5) is 5.69 Å². The van der Waals surface area contributed by atoms with E-state index in [1.807, 2.05) is 19.9 Å². The highest BCUT2D eigenvalue weighted by Gasteiger charge is 2.30. The molecule has 0 fully saturated rings. The Kier molecular flexibility index (Phi) is 9.98. The third-order valence-corrected chi connectivity index (χ3v) is 6.81. The molecule has 2 amide bonds. The third kappa shape index (κ3) is 6.47. The molecular weight excluding hydrogens is 518 g/mol. The molecule has 2 aromatic carbocycles. The van der Waals surface area contributed by atoms with Crippen LogP contribution in [0.3, 0.4) is 0 Å². The molecule has 0 aliphatic heterocycles. The van der Waals surface area contributed by atoms with Crippen molar-refractivity contribution in [3.63, 3.8) is 0 Å². The van der Waals surface area contributed by atoms with Crippen LogP contribution in [0.15, 0.2) is 29.1 Å². The fourth-order valence-electron chi connectivity index (χ4n) is 4.87. The third-order valence-electron chi connectivity index (χ3n) is 6.81. The second-order valence-corrected chi connectivity index (χ2v) is 9.76. The van der Waals surface area contributed by atoms with Crippen LogP contribution in [0.1, 0.15) is 44.4 Å². The first-order chi connectivity index (χ1) is 19.1. The number of hydrogen-bond donors (Lipinski definition) is 3. The van der Waals surface area contributed by atoms with Crippen LogP contribution in [0.2, 0.25) is 0 Å². The number of carbonyl (C=O) groups is 3. The number of aryl methyl sites for hydroxylation is 1. The van der Waals surface area contributed by atoms with E-state index in [1.54, 1.807) is 19.2 Å². The SMILES string of the molecule is COC(=O)CNC(=O)[C@@H](Nc1ccc2c(cc1=O)[C@@H](NC(C)=O)CCc1cc(OC)c(OC)c(OC)c1-2)C(C)C. The number of hydrogen-bond acceptors (Lipinski definition) is 9. The highest BCUT2D eigenvalue weighted by Crippen LogP contribution is 2.50. The monoisotopic (exact) mass is 555 g/mol. The fraction of sp³-hybridized carbons (Fsp3) is 0.448. The van der Waals surface area contributed by atoms with Crippen LogP contribution in [0.25, 0.3) is 11.1 Å². The highest BCUT2D eigenvalue weighted by atomic mass is 16.5. The lowest BCUT2D eigenvalue weighted by atomic mass is 9.95. The van der Waals surface area contributed by atoms with Crippen LogP contribution in [0.5, 0.6) is 17.2 Å². The molecule has 3 rings (SSSR count). The van der Waals surface area contributed by atoms with Gasteiger partial charge >= 0.3 is 5.97 Å². The number of amides is 2. The molecule has 2 atom stereocenters. The summed E-state index contributed by atoms with van der Waals surface area (Å²) in [6, 6.07) is 5.47. The average Bonchev–Trinajstić information content (AvgIpc) is 3.17. The van der Waals surface area contributed by atoms with E-state index in [1.165, 1.54) is 34.3 Å². The molecule has 0 unspecified atom stereocenters. The largest absolute Gasteiger partial charge is 0.493 e. The molecule has 0 saturated carbocycles. The van der Waals surface area contributed by atoms with Crippen LogP contribution in [0, 0.1) is 5.92 Å². The van der Waals surface area contributed by atoms with Crippen molar-refractivity contribution in [2.75, 3.05) is 40.3 Å². The van der Waals surface area contributed by atoms with E-state index >= 15 is 0 Å². The number of nitrogens with one attached hydrogen (secondary N) is 3. The summed E-state index contributed by atoms with van der Waals surface area (Å²) in [6.07, 6.45) is 1.10. The highest BCUT2D eigenvalue weighted by molar-refractivity contribution is 5.88. The van der Waals surface area contributed by atoms with Crippen molar-refractivity contribution in [3.05, 3.63) is 45.6 Å². The van der Waals surface area contributed by atoms with Gasteiger partial charge < -0.3 is 34.9 Å². The van der Waals surface area contributed by atoms with Gasteiger partial charge in [-0.05, 0) is 53.6 Å². The number of carbonyl (C=O) groups excluding carboxylic acids is 3. The molecule has 3 N–H and O–H groups in total. The van der Waals surface area contributed by atoms with E-state index in [2.05, 4.69) is 20.7 Å². The average molecular weight is 556 g/mol. The standard InChI is InChI=1S/C29H37N3O8/c1-15(2)26(29(36)30-14-24(35)38-5)32-21-11-9-18-19(13-22(21)34)20(31-16(3)33)10-8-17-12-23(37-4)27(39-6)28(40-7)25(17)18/h9,11-13,15,20,26H,8,10,14H2,1-7H3,(H,30,36)(H,31,33)(H,32,34)/t20-,26-/m0/s1. The van der Waals surface area contributed by atoms with Crippen LogP contribution in [-0.2, 0) is 25.5 Å². The number of anilines is 1. The normalized spacial score (nSPS) is 14.6. The van der Waals surface area contributed by atoms with E-state index < -0.39 is 24.0 Å². The van der Waals surface area contributed by atoms with Crippen molar-refractivity contribution in [2.45, 2.75) is 45.7 Å². The maximum Gasteiger partial charge on any atom is 0.325 e. The predicted octanol–water partition coefficient (Wildman–Crippen LogP) is 2.59. The minimum absolute atomic E-state index is 0.183. The zero-order valence-electron chi connectivity index (χ0n) is 23.9. The van der Waals surface area contributed by atoms with Crippen LogP contribution in [-0.4, -0.2) is 58.8 Å². The van der Waals surface area contributed by atoms with Gasteiger partial charge in [-0.15, -0.1) is 0 Å². The molecule has 216 valence electrons. The van der Waals surface area contributed by atoms with Gasteiger partial charge in [0.2, 0.25) is 23.0 Å². The summed E-state index contributed by atoms with van der Waals surface area (Å²) in [5.41, 5.74) is 2.72. The maximum absolute atomic E-state index is 13.6. The smallest absolute Gasteiger partial charge is 0.325 e. The Morgan fingerprint density at radius 1 is 1.00 bits per heavy atom. The number of methoxy groups -OCH3 is 4. The number of rotatable bonds is 10. The van der Waals surface area contributed by atoms with Gasteiger partial charge in [0.1, 0.15) is 12.6 Å². The van der Waals surface area contributed by atoms with E-state index in [-0.39, 0.29) is 29.5 Å². The van der Waals surface area contributed by atoms with Gasteiger partial charge in [0.15, 0.2) is 11.5 Å². The van der Waals surface area contributed by atoms with Gasteiger partial charge in [0, 0.05) is 12.5 Å². The Hall–Kier alpha value is -4.28. The molecule has 2 aromatic rings. The number of fused-ring (bicyclic) bond motifs is 3. The minimum Gasteiger partial charge on any atom is -0.493 e. The van der Waals surface area contributed by atoms with Gasteiger partial charge in [-0.25, -0.2) is 0 Å². The molecule has 11 nitrogen and oxygen atoms in total. The summed E-state index contributed by atoms with van der Waals surface area (Å²) in [5.74, 6) is -0.137. The molecule has 0 heterocycles. The van der Waals surface area contributed by atoms with Crippen LogP contribution < -0.4 is 35.6 Å². The Balaban J connectivity index is 2.20. The minimum atomic E-state index is -0.808. The first-order valence-electron chi connectivity index (χ1n) is 12.9. The Labute approximate surface area is 233 Å². The molecule has 0 bridgehead atoms. The van der Waals surface area contributed by atoms with Crippen molar-refractivity contribution in [1.82, 2.24) is 10.6 Å². The summed E-state index contributed by atoms with van der Waals surface area (Å²) < 4.78 is 21.6. The van der Waals surface area contributed by atoms with E-state index in [9.17, 15) is 19.2 Å². The lowest BCUT2D eigenvalue weighted by molar-refractivity contribution is -0.141. The van der Waals surface area contributed by atoms with Gasteiger partial charge in [0.25, 0.3) is 0 Å².